The van der Waals surface area contributed by atoms with Gasteiger partial charge in [0.2, 0.25) is 5.89 Å². The second kappa shape index (κ2) is 7.75. The van der Waals surface area contributed by atoms with E-state index >= 15 is 0 Å². The lowest BCUT2D eigenvalue weighted by atomic mass is 10.2. The van der Waals surface area contributed by atoms with E-state index in [-0.39, 0.29) is 24.3 Å². The Morgan fingerprint density at radius 1 is 1.37 bits per heavy atom. The van der Waals surface area contributed by atoms with Crippen LogP contribution < -0.4 is 4.74 Å². The number of pyridine rings is 1. The van der Waals surface area contributed by atoms with Crippen molar-refractivity contribution < 1.29 is 18.7 Å². The zero-order chi connectivity index (χ0) is 18.6. The Labute approximate surface area is 156 Å². The average Bonchev–Trinajstić information content (AvgIpc) is 3.37. The molecule has 27 heavy (non-hydrogen) atoms. The molecule has 0 bridgehead atoms. The Bertz CT molecular complexity index is 934. The minimum Gasteiger partial charge on any atom is -0.484 e. The zero-order valence-corrected chi connectivity index (χ0v) is 15.1. The van der Waals surface area contributed by atoms with Gasteiger partial charge in [0, 0.05) is 31.8 Å². The zero-order valence-electron chi connectivity index (χ0n) is 15.1. The SMILES string of the molecule is CN(C[C@@H]1CCCO1)C(=O)c1coc(COc2ccc3ncccc3c2)n1. The molecule has 4 rings (SSSR count). The second-order valence-corrected chi connectivity index (χ2v) is 6.59. The number of rotatable bonds is 6. The Hall–Kier alpha value is -2.93. The van der Waals surface area contributed by atoms with Crippen molar-refractivity contribution in [1.29, 1.82) is 0 Å². The Morgan fingerprint density at radius 3 is 3.15 bits per heavy atom. The number of hydrogen-bond donors (Lipinski definition) is 0. The fourth-order valence-corrected chi connectivity index (χ4v) is 3.14. The van der Waals surface area contributed by atoms with Gasteiger partial charge in [-0.2, -0.15) is 0 Å². The van der Waals surface area contributed by atoms with Crippen LogP contribution in [0.4, 0.5) is 0 Å². The minimum atomic E-state index is -0.183. The molecule has 0 N–H and O–H groups in total. The fourth-order valence-electron chi connectivity index (χ4n) is 3.14. The normalized spacial score (nSPS) is 16.6. The molecule has 1 aromatic carbocycles. The van der Waals surface area contributed by atoms with Crippen LogP contribution in [0.15, 0.2) is 47.2 Å². The van der Waals surface area contributed by atoms with Crippen LogP contribution in [0.1, 0.15) is 29.2 Å². The second-order valence-electron chi connectivity index (χ2n) is 6.59. The van der Waals surface area contributed by atoms with Gasteiger partial charge in [-0.05, 0) is 37.1 Å². The lowest BCUT2D eigenvalue weighted by Crippen LogP contribution is -2.34. The summed E-state index contributed by atoms with van der Waals surface area (Å²) in [5.74, 6) is 0.865. The van der Waals surface area contributed by atoms with E-state index in [1.54, 1.807) is 18.1 Å². The van der Waals surface area contributed by atoms with Crippen LogP contribution in [0.25, 0.3) is 10.9 Å². The summed E-state index contributed by atoms with van der Waals surface area (Å²) in [6.07, 6.45) is 5.26. The molecular formula is C20H21N3O4. The van der Waals surface area contributed by atoms with Crippen molar-refractivity contribution >= 4 is 16.8 Å². The molecule has 1 aliphatic heterocycles. The van der Waals surface area contributed by atoms with Gasteiger partial charge in [0.05, 0.1) is 11.6 Å². The van der Waals surface area contributed by atoms with Gasteiger partial charge in [0.15, 0.2) is 12.3 Å². The highest BCUT2D eigenvalue weighted by atomic mass is 16.5. The van der Waals surface area contributed by atoms with Crippen LogP contribution in [0.5, 0.6) is 5.75 Å². The van der Waals surface area contributed by atoms with Gasteiger partial charge >= 0.3 is 0 Å². The molecule has 1 aliphatic rings. The molecule has 3 aromatic rings. The number of nitrogens with zero attached hydrogens (tertiary/aromatic N) is 3. The van der Waals surface area contributed by atoms with Crippen molar-refractivity contribution in [3.05, 3.63) is 54.4 Å². The maximum Gasteiger partial charge on any atom is 0.275 e. The molecular weight excluding hydrogens is 346 g/mol. The molecule has 3 heterocycles. The number of carbonyl (C=O) groups excluding carboxylic acids is 1. The predicted molar refractivity (Wildman–Crippen MR) is 98.5 cm³/mol. The van der Waals surface area contributed by atoms with Crippen LogP contribution in [0.3, 0.4) is 0 Å². The Balaban J connectivity index is 1.36. The molecule has 7 nitrogen and oxygen atoms in total. The van der Waals surface area contributed by atoms with Crippen molar-refractivity contribution in [3.8, 4) is 5.75 Å². The van der Waals surface area contributed by atoms with Crippen LogP contribution in [-0.4, -0.2) is 47.1 Å². The molecule has 1 amide bonds. The lowest BCUT2D eigenvalue weighted by Gasteiger charge is -2.19. The van der Waals surface area contributed by atoms with E-state index in [9.17, 15) is 4.79 Å². The number of benzene rings is 1. The summed E-state index contributed by atoms with van der Waals surface area (Å²) in [6.45, 7) is 1.47. The molecule has 0 saturated carbocycles. The highest BCUT2D eigenvalue weighted by Gasteiger charge is 2.22. The predicted octanol–water partition coefficient (Wildman–Crippen LogP) is 3.05. The number of amides is 1. The molecule has 7 heteroatoms. The number of aromatic nitrogens is 2. The number of carbonyl (C=O) groups is 1. The number of likely N-dealkylation sites (N-methyl/N-ethyl adjacent to an activating group) is 1. The first-order valence-corrected chi connectivity index (χ1v) is 8.98. The third-order valence-electron chi connectivity index (χ3n) is 4.56. The maximum atomic E-state index is 12.5. The quantitative estimate of drug-likeness (QED) is 0.666. The maximum absolute atomic E-state index is 12.5. The van der Waals surface area contributed by atoms with E-state index in [4.69, 9.17) is 13.9 Å². The van der Waals surface area contributed by atoms with Gasteiger partial charge in [-0.3, -0.25) is 9.78 Å². The summed E-state index contributed by atoms with van der Waals surface area (Å²) in [7, 11) is 1.75. The van der Waals surface area contributed by atoms with Crippen LogP contribution in [0.2, 0.25) is 0 Å². The third-order valence-corrected chi connectivity index (χ3v) is 4.56. The third kappa shape index (κ3) is 4.09. The minimum absolute atomic E-state index is 0.107. The van der Waals surface area contributed by atoms with Crippen LogP contribution in [0, 0.1) is 0 Å². The van der Waals surface area contributed by atoms with E-state index < -0.39 is 0 Å². The van der Waals surface area contributed by atoms with Crippen molar-refractivity contribution in [3.63, 3.8) is 0 Å². The van der Waals surface area contributed by atoms with Gasteiger partial charge in [-0.1, -0.05) is 6.07 Å². The molecule has 0 aliphatic carbocycles. The first kappa shape index (κ1) is 17.5. The molecule has 2 aromatic heterocycles. The molecule has 1 atom stereocenters. The van der Waals surface area contributed by atoms with Gasteiger partial charge in [0.1, 0.15) is 12.0 Å². The average molecular weight is 367 g/mol. The Morgan fingerprint density at radius 2 is 2.30 bits per heavy atom. The fraction of sp³-hybridized carbons (Fsp3) is 0.350. The summed E-state index contributed by atoms with van der Waals surface area (Å²) < 4.78 is 16.7. The molecule has 1 saturated heterocycles. The first-order chi connectivity index (χ1) is 13.2. The van der Waals surface area contributed by atoms with Crippen LogP contribution >= 0.6 is 0 Å². The molecule has 1 fully saturated rings. The monoisotopic (exact) mass is 367 g/mol. The number of hydrogen-bond acceptors (Lipinski definition) is 6. The van der Waals surface area contributed by atoms with E-state index in [1.807, 2.05) is 30.3 Å². The molecule has 0 radical (unpaired) electrons. The lowest BCUT2D eigenvalue weighted by molar-refractivity contribution is 0.0582. The van der Waals surface area contributed by atoms with Gasteiger partial charge in [0.25, 0.3) is 5.91 Å². The van der Waals surface area contributed by atoms with Gasteiger partial charge < -0.3 is 18.8 Å². The van der Waals surface area contributed by atoms with E-state index in [0.29, 0.717) is 18.2 Å². The summed E-state index contributed by atoms with van der Waals surface area (Å²) in [5.41, 5.74) is 1.18. The number of ether oxygens (including phenoxy) is 2. The summed E-state index contributed by atoms with van der Waals surface area (Å²) in [6, 6.07) is 9.51. The van der Waals surface area contributed by atoms with Crippen molar-refractivity contribution in [2.45, 2.75) is 25.6 Å². The van der Waals surface area contributed by atoms with Gasteiger partial charge in [-0.15, -0.1) is 0 Å². The summed E-state index contributed by atoms with van der Waals surface area (Å²) in [4.78, 5) is 22.6. The number of fused-ring (bicyclic) bond motifs is 1. The smallest absolute Gasteiger partial charge is 0.275 e. The summed E-state index contributed by atoms with van der Waals surface area (Å²) in [5, 5.41) is 0.994. The van der Waals surface area contributed by atoms with Crippen molar-refractivity contribution in [2.24, 2.45) is 0 Å². The highest BCUT2D eigenvalue weighted by molar-refractivity contribution is 5.91. The highest BCUT2D eigenvalue weighted by Crippen LogP contribution is 2.20. The van der Waals surface area contributed by atoms with E-state index in [2.05, 4.69) is 9.97 Å². The number of oxazole rings is 1. The van der Waals surface area contributed by atoms with Crippen molar-refractivity contribution in [1.82, 2.24) is 14.9 Å². The molecule has 140 valence electrons. The Kier molecular flexibility index (Phi) is 5.02. The largest absolute Gasteiger partial charge is 0.484 e. The molecule has 0 spiro atoms. The standard InChI is InChI=1S/C20H21N3O4/c1-23(11-16-5-3-9-25-16)20(24)18-12-27-19(22-18)13-26-15-6-7-17-14(10-15)4-2-8-21-17/h2,4,6-8,10,12,16H,3,5,9,11,13H2,1H3/t16-/m0/s1. The topological polar surface area (TPSA) is 77.7 Å². The van der Waals surface area contributed by atoms with E-state index in [1.165, 1.54) is 6.26 Å². The van der Waals surface area contributed by atoms with Crippen LogP contribution in [-0.2, 0) is 11.3 Å². The molecule has 0 unspecified atom stereocenters. The van der Waals surface area contributed by atoms with Crippen molar-refractivity contribution in [2.75, 3.05) is 20.2 Å². The first-order valence-electron chi connectivity index (χ1n) is 8.98. The van der Waals surface area contributed by atoms with E-state index in [0.717, 1.165) is 30.4 Å². The summed E-state index contributed by atoms with van der Waals surface area (Å²) >= 11 is 0. The van der Waals surface area contributed by atoms with Gasteiger partial charge in [-0.25, -0.2) is 4.98 Å².